The van der Waals surface area contributed by atoms with E-state index in [1.807, 2.05) is 24.3 Å². The highest BCUT2D eigenvalue weighted by atomic mass is 35.5. The smallest absolute Gasteiger partial charge is 0.226 e. The lowest BCUT2D eigenvalue weighted by Crippen LogP contribution is -2.45. The van der Waals surface area contributed by atoms with Crippen molar-refractivity contribution in [3.05, 3.63) is 41.2 Å². The number of aromatic nitrogens is 1. The number of morpholine rings is 1. The Morgan fingerprint density at radius 1 is 1.43 bits per heavy atom. The number of hydrogen-bond acceptors (Lipinski definition) is 5. The predicted molar refractivity (Wildman–Crippen MR) is 81.0 cm³/mol. The maximum absolute atomic E-state index is 5.99. The molecule has 6 heteroatoms. The van der Waals surface area contributed by atoms with E-state index in [0.717, 1.165) is 30.9 Å². The number of halogens is 1. The lowest BCUT2D eigenvalue weighted by atomic mass is 10.2. The fraction of sp³-hybridized carbons (Fsp3) is 0.400. The lowest BCUT2D eigenvalue weighted by molar-refractivity contribution is -0.0264. The molecule has 0 bridgehead atoms. The van der Waals surface area contributed by atoms with Crippen molar-refractivity contribution in [2.45, 2.75) is 12.6 Å². The summed E-state index contributed by atoms with van der Waals surface area (Å²) < 4.78 is 11.1. The van der Waals surface area contributed by atoms with Crippen LogP contribution in [0.15, 0.2) is 34.9 Å². The Balaban J connectivity index is 1.68. The summed E-state index contributed by atoms with van der Waals surface area (Å²) in [6, 6.07) is 7.49. The SMILES string of the molecule is NCC1CN(Cc2coc(-c3cccc(Cl)c3)n2)CCO1. The molecular formula is C15H18ClN3O2. The molecule has 0 aliphatic carbocycles. The minimum atomic E-state index is 0.109. The summed E-state index contributed by atoms with van der Waals surface area (Å²) in [6.45, 7) is 3.71. The zero-order valence-electron chi connectivity index (χ0n) is 11.7. The Hall–Kier alpha value is -1.40. The molecule has 2 heterocycles. The van der Waals surface area contributed by atoms with Crippen LogP contribution in [0.3, 0.4) is 0 Å². The molecule has 1 aliphatic rings. The molecule has 3 rings (SSSR count). The number of oxazole rings is 1. The number of ether oxygens (including phenoxy) is 1. The van der Waals surface area contributed by atoms with Gasteiger partial charge in [-0.15, -0.1) is 0 Å². The van der Waals surface area contributed by atoms with Crippen LogP contribution in [-0.2, 0) is 11.3 Å². The van der Waals surface area contributed by atoms with Gasteiger partial charge in [0.2, 0.25) is 5.89 Å². The van der Waals surface area contributed by atoms with E-state index in [0.29, 0.717) is 24.1 Å². The first kappa shape index (κ1) is 14.5. The van der Waals surface area contributed by atoms with E-state index < -0.39 is 0 Å². The minimum absolute atomic E-state index is 0.109. The van der Waals surface area contributed by atoms with Gasteiger partial charge in [-0.2, -0.15) is 0 Å². The van der Waals surface area contributed by atoms with Crippen LogP contribution in [-0.4, -0.2) is 42.2 Å². The summed E-state index contributed by atoms with van der Waals surface area (Å²) >= 11 is 5.99. The standard InChI is InChI=1S/C15H18ClN3O2/c16-12-3-1-2-11(6-12)15-18-13(10-21-15)8-19-4-5-20-14(7-17)9-19/h1-3,6,10,14H,4-5,7-9,17H2. The summed E-state index contributed by atoms with van der Waals surface area (Å²) in [5, 5.41) is 0.672. The molecule has 1 unspecified atom stereocenters. The lowest BCUT2D eigenvalue weighted by Gasteiger charge is -2.31. The highest BCUT2D eigenvalue weighted by molar-refractivity contribution is 6.30. The molecule has 1 aliphatic heterocycles. The van der Waals surface area contributed by atoms with E-state index in [1.54, 1.807) is 6.26 Å². The highest BCUT2D eigenvalue weighted by Gasteiger charge is 2.20. The van der Waals surface area contributed by atoms with Crippen LogP contribution in [0.5, 0.6) is 0 Å². The second-order valence-corrected chi connectivity index (χ2v) is 5.55. The van der Waals surface area contributed by atoms with E-state index in [1.165, 1.54) is 0 Å². The van der Waals surface area contributed by atoms with E-state index >= 15 is 0 Å². The first-order valence-electron chi connectivity index (χ1n) is 6.99. The van der Waals surface area contributed by atoms with E-state index in [4.69, 9.17) is 26.5 Å². The highest BCUT2D eigenvalue weighted by Crippen LogP contribution is 2.22. The molecule has 21 heavy (non-hydrogen) atoms. The van der Waals surface area contributed by atoms with Gasteiger partial charge in [-0.3, -0.25) is 4.90 Å². The van der Waals surface area contributed by atoms with Crippen LogP contribution >= 0.6 is 11.6 Å². The van der Waals surface area contributed by atoms with Crippen LogP contribution in [0.25, 0.3) is 11.5 Å². The van der Waals surface area contributed by atoms with E-state index in [-0.39, 0.29) is 6.10 Å². The maximum atomic E-state index is 5.99. The average Bonchev–Trinajstić information content (AvgIpc) is 2.96. The quantitative estimate of drug-likeness (QED) is 0.937. The summed E-state index contributed by atoms with van der Waals surface area (Å²) in [6.07, 6.45) is 1.81. The van der Waals surface area contributed by atoms with Crippen molar-refractivity contribution < 1.29 is 9.15 Å². The third-order valence-corrected chi connectivity index (χ3v) is 3.73. The van der Waals surface area contributed by atoms with Gasteiger partial charge in [0, 0.05) is 36.8 Å². The fourth-order valence-electron chi connectivity index (χ4n) is 2.43. The third-order valence-electron chi connectivity index (χ3n) is 3.49. The zero-order valence-corrected chi connectivity index (χ0v) is 12.4. The van der Waals surface area contributed by atoms with Crippen molar-refractivity contribution in [1.29, 1.82) is 0 Å². The molecular weight excluding hydrogens is 290 g/mol. The third kappa shape index (κ3) is 3.63. The van der Waals surface area contributed by atoms with Gasteiger partial charge in [-0.1, -0.05) is 17.7 Å². The second-order valence-electron chi connectivity index (χ2n) is 5.12. The number of rotatable bonds is 4. The Kier molecular flexibility index (Phi) is 4.55. The largest absolute Gasteiger partial charge is 0.444 e. The number of hydrogen-bond donors (Lipinski definition) is 1. The maximum Gasteiger partial charge on any atom is 0.226 e. The molecule has 0 spiro atoms. The van der Waals surface area contributed by atoms with Crippen molar-refractivity contribution in [3.63, 3.8) is 0 Å². The van der Waals surface area contributed by atoms with E-state index in [2.05, 4.69) is 9.88 Å². The van der Waals surface area contributed by atoms with E-state index in [9.17, 15) is 0 Å². The molecule has 2 aromatic rings. The molecule has 0 amide bonds. The van der Waals surface area contributed by atoms with Crippen LogP contribution < -0.4 is 5.73 Å². The van der Waals surface area contributed by atoms with Crippen molar-refractivity contribution >= 4 is 11.6 Å². The van der Waals surface area contributed by atoms with Gasteiger partial charge >= 0.3 is 0 Å². The van der Waals surface area contributed by atoms with Gasteiger partial charge in [-0.05, 0) is 18.2 Å². The molecule has 1 saturated heterocycles. The van der Waals surface area contributed by atoms with Gasteiger partial charge in [0.15, 0.2) is 0 Å². The molecule has 2 N–H and O–H groups in total. The predicted octanol–water partition coefficient (Wildman–Crippen LogP) is 2.15. The topological polar surface area (TPSA) is 64.5 Å². The molecule has 0 radical (unpaired) electrons. The minimum Gasteiger partial charge on any atom is -0.444 e. The Morgan fingerprint density at radius 3 is 3.14 bits per heavy atom. The van der Waals surface area contributed by atoms with Gasteiger partial charge < -0.3 is 14.9 Å². The summed E-state index contributed by atoms with van der Waals surface area (Å²) in [5.74, 6) is 0.594. The Labute approximate surface area is 128 Å². The first-order chi connectivity index (χ1) is 10.2. The van der Waals surface area contributed by atoms with Gasteiger partial charge in [-0.25, -0.2) is 4.98 Å². The molecule has 1 atom stereocenters. The second kappa shape index (κ2) is 6.58. The molecule has 5 nitrogen and oxygen atoms in total. The Bertz CT molecular complexity index is 602. The van der Waals surface area contributed by atoms with Gasteiger partial charge in [0.05, 0.1) is 18.4 Å². The number of benzene rings is 1. The van der Waals surface area contributed by atoms with Crippen molar-refractivity contribution in [3.8, 4) is 11.5 Å². The molecule has 112 valence electrons. The van der Waals surface area contributed by atoms with Crippen LogP contribution in [0, 0.1) is 0 Å². The summed E-state index contributed by atoms with van der Waals surface area (Å²) in [4.78, 5) is 6.81. The van der Waals surface area contributed by atoms with Crippen LogP contribution in [0.1, 0.15) is 5.69 Å². The molecule has 1 fully saturated rings. The zero-order chi connectivity index (χ0) is 14.7. The van der Waals surface area contributed by atoms with Crippen LogP contribution in [0.2, 0.25) is 5.02 Å². The summed E-state index contributed by atoms with van der Waals surface area (Å²) in [7, 11) is 0. The van der Waals surface area contributed by atoms with Crippen molar-refractivity contribution in [2.75, 3.05) is 26.2 Å². The van der Waals surface area contributed by atoms with Crippen LogP contribution in [0.4, 0.5) is 0 Å². The molecule has 1 aromatic heterocycles. The normalized spacial score (nSPS) is 19.8. The monoisotopic (exact) mass is 307 g/mol. The average molecular weight is 308 g/mol. The number of nitrogens with two attached hydrogens (primary N) is 1. The van der Waals surface area contributed by atoms with Gasteiger partial charge in [0.25, 0.3) is 0 Å². The molecule has 0 saturated carbocycles. The first-order valence-corrected chi connectivity index (χ1v) is 7.37. The van der Waals surface area contributed by atoms with Gasteiger partial charge in [0.1, 0.15) is 6.26 Å². The number of nitrogens with zero attached hydrogens (tertiary/aromatic N) is 2. The Morgan fingerprint density at radius 2 is 2.33 bits per heavy atom. The van der Waals surface area contributed by atoms with Crippen molar-refractivity contribution in [2.24, 2.45) is 5.73 Å². The van der Waals surface area contributed by atoms with Crippen molar-refractivity contribution in [1.82, 2.24) is 9.88 Å². The summed E-state index contributed by atoms with van der Waals surface area (Å²) in [5.41, 5.74) is 7.44. The fourth-order valence-corrected chi connectivity index (χ4v) is 2.62. The molecule has 1 aromatic carbocycles.